The number of carbonyl (C=O) groups is 1. The summed E-state index contributed by atoms with van der Waals surface area (Å²) in [6, 6.07) is 17.3. The fraction of sp³-hybridized carbons (Fsp3) is 0.250. The molecule has 1 amide bonds. The lowest BCUT2D eigenvalue weighted by Gasteiger charge is -2.28. The van der Waals surface area contributed by atoms with Crippen molar-refractivity contribution in [2.24, 2.45) is 0 Å². The van der Waals surface area contributed by atoms with Crippen LogP contribution in [0, 0.1) is 0 Å². The first-order valence-electron chi connectivity index (χ1n) is 8.74. The highest BCUT2D eigenvalue weighted by atomic mass is 16.1. The third-order valence-electron chi connectivity index (χ3n) is 4.74. The van der Waals surface area contributed by atoms with Crippen LogP contribution >= 0.6 is 0 Å². The van der Waals surface area contributed by atoms with Crippen LogP contribution in [0.4, 0.5) is 0 Å². The van der Waals surface area contributed by atoms with Gasteiger partial charge in [0.15, 0.2) is 0 Å². The van der Waals surface area contributed by atoms with E-state index < -0.39 is 0 Å². The zero-order valence-corrected chi connectivity index (χ0v) is 14.3. The highest BCUT2D eigenvalue weighted by Crippen LogP contribution is 2.26. The van der Waals surface area contributed by atoms with Gasteiger partial charge < -0.3 is 10.3 Å². The molecule has 2 heterocycles. The molecule has 1 aliphatic heterocycles. The van der Waals surface area contributed by atoms with Crippen LogP contribution in [-0.2, 0) is 11.3 Å². The van der Waals surface area contributed by atoms with Crippen LogP contribution < -0.4 is 10.9 Å². The Balaban J connectivity index is 1.68. The van der Waals surface area contributed by atoms with Crippen LogP contribution in [0.3, 0.4) is 0 Å². The Morgan fingerprint density at radius 2 is 1.81 bits per heavy atom. The van der Waals surface area contributed by atoms with Crippen LogP contribution in [0.2, 0.25) is 0 Å². The summed E-state index contributed by atoms with van der Waals surface area (Å²) in [6.07, 6.45) is 0.391. The number of hydrogen-bond donors (Lipinski definition) is 2. The van der Waals surface area contributed by atoms with Gasteiger partial charge in [0.2, 0.25) is 5.91 Å². The number of amides is 1. The molecule has 0 saturated carbocycles. The minimum atomic E-state index is -0.133. The molecular formula is C20H20N4O2. The summed E-state index contributed by atoms with van der Waals surface area (Å²) in [6.45, 7) is 1.76. The number of nitrogens with one attached hydrogen (secondary N) is 2. The van der Waals surface area contributed by atoms with Gasteiger partial charge in [-0.1, -0.05) is 42.5 Å². The topological polar surface area (TPSA) is 78.1 Å². The van der Waals surface area contributed by atoms with Crippen molar-refractivity contribution < 1.29 is 4.79 Å². The average Bonchev–Trinajstić information content (AvgIpc) is 2.84. The fourth-order valence-corrected chi connectivity index (χ4v) is 3.47. The molecule has 1 aromatic heterocycles. The molecule has 4 rings (SSSR count). The van der Waals surface area contributed by atoms with Crippen molar-refractivity contribution in [3.63, 3.8) is 0 Å². The Morgan fingerprint density at radius 3 is 2.65 bits per heavy atom. The smallest absolute Gasteiger partial charge is 0.258 e. The van der Waals surface area contributed by atoms with Gasteiger partial charge in [0, 0.05) is 25.6 Å². The van der Waals surface area contributed by atoms with E-state index in [2.05, 4.69) is 20.2 Å². The van der Waals surface area contributed by atoms with E-state index in [1.165, 1.54) is 0 Å². The van der Waals surface area contributed by atoms with Gasteiger partial charge in [-0.15, -0.1) is 0 Å². The Morgan fingerprint density at radius 1 is 1.04 bits per heavy atom. The highest BCUT2D eigenvalue weighted by Gasteiger charge is 2.26. The highest BCUT2D eigenvalue weighted by molar-refractivity contribution is 5.77. The van der Waals surface area contributed by atoms with E-state index in [0.29, 0.717) is 42.8 Å². The average molecular weight is 348 g/mol. The molecule has 6 nitrogen and oxygen atoms in total. The van der Waals surface area contributed by atoms with Gasteiger partial charge >= 0.3 is 0 Å². The largest absolute Gasteiger partial charge is 0.355 e. The van der Waals surface area contributed by atoms with Gasteiger partial charge in [-0.05, 0) is 17.7 Å². The van der Waals surface area contributed by atoms with E-state index in [4.69, 9.17) is 0 Å². The van der Waals surface area contributed by atoms with Crippen LogP contribution in [0.15, 0.2) is 59.4 Å². The molecular weight excluding hydrogens is 328 g/mol. The first kappa shape index (κ1) is 16.5. The second kappa shape index (κ2) is 7.09. The third-order valence-corrected chi connectivity index (χ3v) is 4.74. The monoisotopic (exact) mass is 348 g/mol. The lowest BCUT2D eigenvalue weighted by atomic mass is 10.0. The van der Waals surface area contributed by atoms with Crippen molar-refractivity contribution in [3.05, 3.63) is 76.3 Å². The number of aromatic nitrogens is 2. The lowest BCUT2D eigenvalue weighted by molar-refractivity contribution is -0.121. The molecule has 26 heavy (non-hydrogen) atoms. The number of para-hydroxylation sites is 1. The minimum absolute atomic E-state index is 0.0429. The predicted octanol–water partition coefficient (Wildman–Crippen LogP) is 1.99. The van der Waals surface area contributed by atoms with Crippen molar-refractivity contribution in [2.75, 3.05) is 13.1 Å². The molecule has 0 radical (unpaired) electrons. The van der Waals surface area contributed by atoms with Crippen LogP contribution in [0.1, 0.15) is 23.9 Å². The summed E-state index contributed by atoms with van der Waals surface area (Å²) in [5.74, 6) is 0.658. The number of nitrogens with zero attached hydrogens (tertiary/aromatic N) is 2. The summed E-state index contributed by atoms with van der Waals surface area (Å²) in [7, 11) is 0. The van der Waals surface area contributed by atoms with Gasteiger partial charge in [-0.3, -0.25) is 14.5 Å². The van der Waals surface area contributed by atoms with Gasteiger partial charge in [-0.25, -0.2) is 4.98 Å². The van der Waals surface area contributed by atoms with Crippen LogP contribution in [0.5, 0.6) is 0 Å². The quantitative estimate of drug-likeness (QED) is 0.759. The van der Waals surface area contributed by atoms with Gasteiger partial charge in [0.1, 0.15) is 5.82 Å². The molecule has 0 aliphatic carbocycles. The zero-order chi connectivity index (χ0) is 17.9. The van der Waals surface area contributed by atoms with Gasteiger partial charge in [0.25, 0.3) is 5.56 Å². The number of H-pyrrole nitrogens is 1. The SMILES string of the molecule is O=C1CC(c2ccccc2)N(Cc2nc3ccccc3c(=O)[nH]2)CCN1. The summed E-state index contributed by atoms with van der Waals surface area (Å²) in [4.78, 5) is 34.1. The number of carbonyl (C=O) groups excluding carboxylic acids is 1. The lowest BCUT2D eigenvalue weighted by Crippen LogP contribution is -2.32. The molecule has 6 heteroatoms. The summed E-state index contributed by atoms with van der Waals surface area (Å²) in [5.41, 5.74) is 1.64. The molecule has 3 aromatic rings. The van der Waals surface area contributed by atoms with Crippen LogP contribution in [-0.4, -0.2) is 33.9 Å². The molecule has 132 valence electrons. The van der Waals surface area contributed by atoms with Gasteiger partial charge in [0.05, 0.1) is 17.4 Å². The van der Waals surface area contributed by atoms with E-state index in [1.807, 2.05) is 48.5 Å². The first-order valence-corrected chi connectivity index (χ1v) is 8.74. The number of aromatic amines is 1. The molecule has 2 aromatic carbocycles. The minimum Gasteiger partial charge on any atom is -0.355 e. The Labute approximate surface area is 150 Å². The maximum Gasteiger partial charge on any atom is 0.258 e. The molecule has 1 aliphatic rings. The molecule has 2 N–H and O–H groups in total. The number of rotatable bonds is 3. The third kappa shape index (κ3) is 3.36. The predicted molar refractivity (Wildman–Crippen MR) is 99.6 cm³/mol. The van der Waals surface area contributed by atoms with E-state index in [9.17, 15) is 9.59 Å². The van der Waals surface area contributed by atoms with Gasteiger partial charge in [-0.2, -0.15) is 0 Å². The normalized spacial score (nSPS) is 18.5. The Hall–Kier alpha value is -2.99. The van der Waals surface area contributed by atoms with Crippen molar-refractivity contribution >= 4 is 16.8 Å². The zero-order valence-electron chi connectivity index (χ0n) is 14.3. The first-order chi connectivity index (χ1) is 12.7. The summed E-state index contributed by atoms with van der Waals surface area (Å²) >= 11 is 0. The standard InChI is InChI=1S/C20H20N4O2/c25-19-12-17(14-6-2-1-3-7-14)24(11-10-21-19)13-18-22-16-9-5-4-8-15(16)20(26)23-18/h1-9,17H,10-13H2,(H,21,25)(H,22,23,26). The molecule has 1 saturated heterocycles. The van der Waals surface area contributed by atoms with E-state index in [0.717, 1.165) is 5.56 Å². The van der Waals surface area contributed by atoms with Crippen molar-refractivity contribution in [1.29, 1.82) is 0 Å². The second-order valence-corrected chi connectivity index (χ2v) is 6.48. The van der Waals surface area contributed by atoms with Crippen molar-refractivity contribution in [2.45, 2.75) is 19.0 Å². The van der Waals surface area contributed by atoms with Crippen LogP contribution in [0.25, 0.3) is 10.9 Å². The van der Waals surface area contributed by atoms with E-state index in [1.54, 1.807) is 6.07 Å². The number of benzene rings is 2. The van der Waals surface area contributed by atoms with E-state index in [-0.39, 0.29) is 17.5 Å². The number of hydrogen-bond acceptors (Lipinski definition) is 4. The maximum absolute atomic E-state index is 12.3. The van der Waals surface area contributed by atoms with Crippen molar-refractivity contribution in [3.8, 4) is 0 Å². The molecule has 1 fully saturated rings. The summed E-state index contributed by atoms with van der Waals surface area (Å²) in [5, 5.41) is 3.51. The molecule has 0 spiro atoms. The molecule has 0 bridgehead atoms. The molecule has 1 unspecified atom stereocenters. The Kier molecular flexibility index (Phi) is 4.50. The number of fused-ring (bicyclic) bond motifs is 1. The molecule has 1 atom stereocenters. The Bertz CT molecular complexity index is 984. The fourth-order valence-electron chi connectivity index (χ4n) is 3.47. The summed E-state index contributed by atoms with van der Waals surface area (Å²) < 4.78 is 0. The van der Waals surface area contributed by atoms with E-state index >= 15 is 0 Å². The second-order valence-electron chi connectivity index (χ2n) is 6.48. The van der Waals surface area contributed by atoms with Crippen molar-refractivity contribution in [1.82, 2.24) is 20.2 Å². The maximum atomic E-state index is 12.3.